The van der Waals surface area contributed by atoms with Crippen LogP contribution in [0.1, 0.15) is 42.1 Å². The van der Waals surface area contributed by atoms with E-state index in [0.29, 0.717) is 23.4 Å². The minimum absolute atomic E-state index is 0.0831. The number of nitrogens with zero attached hydrogens (tertiary/aromatic N) is 5. The number of rotatable bonds is 3. The molecule has 0 N–H and O–H groups in total. The molecule has 1 aliphatic heterocycles. The number of hydrogen-bond donors (Lipinski definition) is 0. The van der Waals surface area contributed by atoms with E-state index in [2.05, 4.69) is 22.1 Å². The molecule has 24 heavy (non-hydrogen) atoms. The van der Waals surface area contributed by atoms with Gasteiger partial charge in [0, 0.05) is 37.8 Å². The predicted octanol–water partition coefficient (Wildman–Crippen LogP) is 2.46. The Morgan fingerprint density at radius 1 is 1.46 bits per heavy atom. The fourth-order valence-electron chi connectivity index (χ4n) is 3.33. The van der Waals surface area contributed by atoms with Crippen LogP contribution in [-0.2, 0) is 6.54 Å². The van der Waals surface area contributed by atoms with Crippen molar-refractivity contribution < 1.29 is 9.21 Å². The topological polar surface area (TPSA) is 77.1 Å². The Hall–Kier alpha value is -2.70. The molecule has 1 aliphatic rings. The van der Waals surface area contributed by atoms with Gasteiger partial charge in [-0.15, -0.1) is 10.2 Å². The number of pyridine rings is 1. The van der Waals surface area contributed by atoms with Crippen LogP contribution in [0.15, 0.2) is 35.1 Å². The van der Waals surface area contributed by atoms with Gasteiger partial charge in [-0.2, -0.15) is 0 Å². The fourth-order valence-corrected chi connectivity index (χ4v) is 3.33. The van der Waals surface area contributed by atoms with Crippen LogP contribution in [0, 0.1) is 0 Å². The maximum atomic E-state index is 12.8. The third kappa shape index (κ3) is 2.55. The van der Waals surface area contributed by atoms with Gasteiger partial charge in [0.25, 0.3) is 5.91 Å². The molecular formula is C17H19N5O2. The number of furan rings is 1. The first-order valence-corrected chi connectivity index (χ1v) is 8.28. The first kappa shape index (κ1) is 14.9. The van der Waals surface area contributed by atoms with Gasteiger partial charge in [-0.1, -0.05) is 0 Å². The molecule has 3 aromatic heterocycles. The van der Waals surface area contributed by atoms with Gasteiger partial charge < -0.3 is 13.9 Å². The van der Waals surface area contributed by atoms with Crippen molar-refractivity contribution in [3.05, 3.63) is 42.3 Å². The van der Waals surface area contributed by atoms with E-state index in [1.807, 2.05) is 15.5 Å². The second-order valence-electron chi connectivity index (χ2n) is 6.06. The highest BCUT2D eigenvalue weighted by atomic mass is 16.3. The molecule has 1 fully saturated rings. The van der Waals surface area contributed by atoms with Gasteiger partial charge in [-0.05, 0) is 31.9 Å². The van der Waals surface area contributed by atoms with Gasteiger partial charge in [-0.3, -0.25) is 9.78 Å². The van der Waals surface area contributed by atoms with Crippen LogP contribution in [0.25, 0.3) is 11.1 Å². The quantitative estimate of drug-likeness (QED) is 0.739. The van der Waals surface area contributed by atoms with Crippen LogP contribution >= 0.6 is 0 Å². The van der Waals surface area contributed by atoms with Gasteiger partial charge in [0.1, 0.15) is 17.7 Å². The number of carbonyl (C=O) groups is 1. The molecule has 124 valence electrons. The van der Waals surface area contributed by atoms with E-state index in [-0.39, 0.29) is 11.8 Å². The van der Waals surface area contributed by atoms with Crippen LogP contribution in [0.5, 0.6) is 0 Å². The standard InChI is InChI=1S/C17H19N5O2/c1-2-21-11-19-20-16(21)12-5-4-8-22(10-12)17(23)15-9-13-14(24-15)6-3-7-18-13/h3,6-7,9,11-12H,2,4-5,8,10H2,1H3. The van der Waals surface area contributed by atoms with Gasteiger partial charge in [-0.25, -0.2) is 0 Å². The Kier molecular flexibility index (Phi) is 3.76. The maximum Gasteiger partial charge on any atom is 0.289 e. The smallest absolute Gasteiger partial charge is 0.289 e. The summed E-state index contributed by atoms with van der Waals surface area (Å²) in [5.74, 6) is 1.44. The molecule has 0 spiro atoms. The highest BCUT2D eigenvalue weighted by Gasteiger charge is 2.29. The Labute approximate surface area is 139 Å². The number of aryl methyl sites for hydroxylation is 1. The molecule has 7 heteroatoms. The third-order valence-electron chi connectivity index (χ3n) is 4.56. The Balaban J connectivity index is 1.56. The van der Waals surface area contributed by atoms with E-state index in [4.69, 9.17) is 4.42 Å². The van der Waals surface area contributed by atoms with Crippen molar-refractivity contribution in [1.29, 1.82) is 0 Å². The molecule has 1 saturated heterocycles. The molecule has 0 radical (unpaired) electrons. The highest BCUT2D eigenvalue weighted by molar-refractivity contribution is 5.95. The van der Waals surface area contributed by atoms with Crippen molar-refractivity contribution in [3.8, 4) is 0 Å². The molecule has 4 rings (SSSR count). The van der Waals surface area contributed by atoms with Crippen LogP contribution in [0.4, 0.5) is 0 Å². The third-order valence-corrected chi connectivity index (χ3v) is 4.56. The Morgan fingerprint density at radius 3 is 3.21 bits per heavy atom. The van der Waals surface area contributed by atoms with Crippen LogP contribution in [-0.4, -0.2) is 43.6 Å². The SMILES string of the molecule is CCn1cnnc1C1CCCN(C(=O)c2cc3ncccc3o2)C1. The Bertz CT molecular complexity index is 836. The summed E-state index contributed by atoms with van der Waals surface area (Å²) < 4.78 is 7.71. The largest absolute Gasteiger partial charge is 0.449 e. The van der Waals surface area contributed by atoms with Gasteiger partial charge in [0.2, 0.25) is 0 Å². The number of carbonyl (C=O) groups excluding carboxylic acids is 1. The second-order valence-corrected chi connectivity index (χ2v) is 6.06. The highest BCUT2D eigenvalue weighted by Crippen LogP contribution is 2.27. The molecule has 1 amide bonds. The molecule has 1 atom stereocenters. The zero-order chi connectivity index (χ0) is 16.5. The van der Waals surface area contributed by atoms with E-state index in [9.17, 15) is 4.79 Å². The van der Waals surface area contributed by atoms with Crippen LogP contribution in [0.2, 0.25) is 0 Å². The van der Waals surface area contributed by atoms with Crippen molar-refractivity contribution in [2.75, 3.05) is 13.1 Å². The number of piperidine rings is 1. The molecule has 4 heterocycles. The number of amides is 1. The number of fused-ring (bicyclic) bond motifs is 1. The summed E-state index contributed by atoms with van der Waals surface area (Å²) in [6.45, 7) is 4.28. The first-order chi connectivity index (χ1) is 11.8. The normalized spacial score (nSPS) is 18.2. The molecule has 0 saturated carbocycles. The molecule has 0 aromatic carbocycles. The molecule has 1 unspecified atom stereocenters. The zero-order valence-electron chi connectivity index (χ0n) is 13.6. The second kappa shape index (κ2) is 6.07. The van der Waals surface area contributed by atoms with Crippen molar-refractivity contribution in [3.63, 3.8) is 0 Å². The lowest BCUT2D eigenvalue weighted by molar-refractivity contribution is 0.0673. The average molecular weight is 325 g/mol. The lowest BCUT2D eigenvalue weighted by Crippen LogP contribution is -2.39. The lowest BCUT2D eigenvalue weighted by atomic mass is 9.97. The summed E-state index contributed by atoms with van der Waals surface area (Å²) in [5.41, 5.74) is 1.35. The van der Waals surface area contributed by atoms with Crippen LogP contribution < -0.4 is 0 Å². The molecule has 3 aromatic rings. The summed E-state index contributed by atoms with van der Waals surface area (Å²) >= 11 is 0. The van der Waals surface area contributed by atoms with Crippen LogP contribution in [0.3, 0.4) is 0 Å². The van der Waals surface area contributed by atoms with Crippen molar-refractivity contribution in [2.45, 2.75) is 32.2 Å². The molecular weight excluding hydrogens is 306 g/mol. The van der Waals surface area contributed by atoms with E-state index in [0.717, 1.165) is 31.8 Å². The molecule has 0 bridgehead atoms. The van der Waals surface area contributed by atoms with E-state index in [1.165, 1.54) is 0 Å². The van der Waals surface area contributed by atoms with Crippen molar-refractivity contribution >= 4 is 17.0 Å². The summed E-state index contributed by atoms with van der Waals surface area (Å²) in [6.07, 6.45) is 5.41. The van der Waals surface area contributed by atoms with E-state index in [1.54, 1.807) is 24.7 Å². The lowest BCUT2D eigenvalue weighted by Gasteiger charge is -2.31. The summed E-state index contributed by atoms with van der Waals surface area (Å²) in [7, 11) is 0. The molecule has 0 aliphatic carbocycles. The maximum absolute atomic E-state index is 12.8. The number of aromatic nitrogens is 4. The van der Waals surface area contributed by atoms with E-state index < -0.39 is 0 Å². The molecule has 7 nitrogen and oxygen atoms in total. The number of hydrogen-bond acceptors (Lipinski definition) is 5. The zero-order valence-corrected chi connectivity index (χ0v) is 13.6. The number of likely N-dealkylation sites (tertiary alicyclic amines) is 1. The van der Waals surface area contributed by atoms with Gasteiger partial charge in [0.05, 0.1) is 0 Å². The predicted molar refractivity (Wildman–Crippen MR) is 87.6 cm³/mol. The summed E-state index contributed by atoms with van der Waals surface area (Å²) in [6, 6.07) is 5.34. The average Bonchev–Trinajstić information content (AvgIpc) is 3.27. The van der Waals surface area contributed by atoms with E-state index >= 15 is 0 Å². The van der Waals surface area contributed by atoms with Crippen molar-refractivity contribution in [1.82, 2.24) is 24.6 Å². The van der Waals surface area contributed by atoms with Gasteiger partial charge >= 0.3 is 0 Å². The summed E-state index contributed by atoms with van der Waals surface area (Å²) in [5, 5.41) is 8.26. The summed E-state index contributed by atoms with van der Waals surface area (Å²) in [4.78, 5) is 18.9. The Morgan fingerprint density at radius 2 is 2.38 bits per heavy atom. The van der Waals surface area contributed by atoms with Crippen molar-refractivity contribution in [2.24, 2.45) is 0 Å². The minimum Gasteiger partial charge on any atom is -0.449 e. The first-order valence-electron chi connectivity index (χ1n) is 8.28. The monoisotopic (exact) mass is 325 g/mol. The minimum atomic E-state index is -0.0831. The fraction of sp³-hybridized carbons (Fsp3) is 0.412. The van der Waals surface area contributed by atoms with Gasteiger partial charge in [0.15, 0.2) is 11.3 Å².